The van der Waals surface area contributed by atoms with Crippen molar-refractivity contribution in [1.82, 2.24) is 0 Å². The molecule has 0 radical (unpaired) electrons. The molecule has 1 aromatic carbocycles. The smallest absolute Gasteiger partial charge is 0.129 e. The Morgan fingerprint density at radius 2 is 1.25 bits per heavy atom. The maximum Gasteiger partial charge on any atom is 0.129 e. The van der Waals surface area contributed by atoms with Gasteiger partial charge in [0.05, 0.1) is 15.6 Å². The monoisotopic (exact) mass is 412 g/mol. The van der Waals surface area contributed by atoms with Crippen LogP contribution in [0.3, 0.4) is 0 Å². The SMILES string of the molecule is CC(C)(C)[P+]([CH-]Cl)(c1cc(F)cc(F)c1)C(C)(C)C.[Pd]. The van der Waals surface area contributed by atoms with Crippen LogP contribution in [0.2, 0.25) is 0 Å². The predicted molar refractivity (Wildman–Crippen MR) is 82.6 cm³/mol. The van der Waals surface area contributed by atoms with Gasteiger partial charge in [0, 0.05) is 38.6 Å². The van der Waals surface area contributed by atoms with Crippen molar-refractivity contribution in [3.05, 3.63) is 35.5 Å². The summed E-state index contributed by atoms with van der Waals surface area (Å²) in [6.07, 6.45) is 0. The van der Waals surface area contributed by atoms with Crippen LogP contribution in [0.4, 0.5) is 8.78 Å². The Morgan fingerprint density at radius 1 is 0.900 bits per heavy atom. The Hall–Kier alpha value is 0.462. The molecule has 1 aromatic rings. The van der Waals surface area contributed by atoms with Gasteiger partial charge in [-0.3, -0.25) is 0 Å². The molecule has 0 bridgehead atoms. The van der Waals surface area contributed by atoms with Gasteiger partial charge in [-0.2, -0.15) is 0 Å². The molecule has 0 heterocycles. The average Bonchev–Trinajstić information content (AvgIpc) is 2.12. The van der Waals surface area contributed by atoms with Gasteiger partial charge >= 0.3 is 0 Å². The van der Waals surface area contributed by atoms with E-state index in [2.05, 4.69) is 41.5 Å². The first kappa shape index (κ1) is 20.5. The number of benzene rings is 1. The van der Waals surface area contributed by atoms with Crippen molar-refractivity contribution in [2.75, 3.05) is 0 Å². The minimum Gasteiger partial charge on any atom is -0.304 e. The molecule has 0 amide bonds. The Labute approximate surface area is 140 Å². The summed E-state index contributed by atoms with van der Waals surface area (Å²) in [5.74, 6) is -1.10. The van der Waals surface area contributed by atoms with Crippen molar-refractivity contribution in [1.29, 1.82) is 0 Å². The van der Waals surface area contributed by atoms with E-state index < -0.39 is 18.9 Å². The normalized spacial score (nSPS) is 13.1. The molecule has 0 aromatic heterocycles. The van der Waals surface area contributed by atoms with Crippen LogP contribution in [-0.2, 0) is 20.4 Å². The Bertz CT molecular complexity index is 430. The van der Waals surface area contributed by atoms with Crippen molar-refractivity contribution >= 4 is 24.2 Å². The van der Waals surface area contributed by atoms with Crippen molar-refractivity contribution in [3.8, 4) is 0 Å². The summed E-state index contributed by atoms with van der Waals surface area (Å²) in [6, 6.07) is 3.75. The van der Waals surface area contributed by atoms with E-state index in [1.54, 1.807) is 5.62 Å². The minimum atomic E-state index is -2.09. The predicted octanol–water partition coefficient (Wildman–Crippen LogP) is 5.56. The summed E-state index contributed by atoms with van der Waals surface area (Å²) in [5, 5.41) is 0.334. The third-order valence-corrected chi connectivity index (χ3v) is 9.99. The fourth-order valence-electron chi connectivity index (χ4n) is 2.87. The van der Waals surface area contributed by atoms with E-state index in [-0.39, 0.29) is 30.7 Å². The number of halogens is 3. The van der Waals surface area contributed by atoms with Gasteiger partial charge in [0.1, 0.15) is 11.6 Å². The maximum atomic E-state index is 13.6. The van der Waals surface area contributed by atoms with E-state index >= 15 is 0 Å². The molecule has 1 rings (SSSR count). The quantitative estimate of drug-likeness (QED) is 0.338. The van der Waals surface area contributed by atoms with Gasteiger partial charge in [0.15, 0.2) is 0 Å². The van der Waals surface area contributed by atoms with Crippen LogP contribution in [0.15, 0.2) is 18.2 Å². The Kier molecular flexibility index (Phi) is 6.86. The summed E-state index contributed by atoms with van der Waals surface area (Å²) in [5.41, 5.74) is 1.67. The molecular formula is C15H22ClF2PPd. The molecule has 0 atom stereocenters. The fraction of sp³-hybridized carbons (Fsp3) is 0.533. The van der Waals surface area contributed by atoms with Crippen LogP contribution in [0, 0.1) is 17.3 Å². The van der Waals surface area contributed by atoms with Crippen LogP contribution >= 0.6 is 18.9 Å². The molecule has 0 aliphatic heterocycles. The second-order valence-electron chi connectivity index (χ2n) is 6.79. The molecule has 0 saturated carbocycles. The van der Waals surface area contributed by atoms with E-state index in [4.69, 9.17) is 11.6 Å². The number of hydrogen-bond acceptors (Lipinski definition) is 0. The van der Waals surface area contributed by atoms with E-state index in [0.29, 0.717) is 5.30 Å². The topological polar surface area (TPSA) is 0 Å². The number of hydrogen-bond donors (Lipinski definition) is 0. The number of rotatable bonds is 2. The second kappa shape index (κ2) is 6.70. The van der Waals surface area contributed by atoms with E-state index in [0.717, 1.165) is 6.07 Å². The Morgan fingerprint density at radius 3 is 1.50 bits per heavy atom. The van der Waals surface area contributed by atoms with Crippen LogP contribution < -0.4 is 5.30 Å². The van der Waals surface area contributed by atoms with Gasteiger partial charge in [-0.15, -0.1) is 0 Å². The fourth-order valence-corrected chi connectivity index (χ4v) is 9.88. The second-order valence-corrected chi connectivity index (χ2v) is 12.2. The van der Waals surface area contributed by atoms with Gasteiger partial charge in [-0.05, 0) is 41.5 Å². The van der Waals surface area contributed by atoms with Crippen molar-refractivity contribution < 1.29 is 29.2 Å². The third-order valence-electron chi connectivity index (χ3n) is 3.52. The molecule has 118 valence electrons. The molecule has 0 aliphatic rings. The molecule has 20 heavy (non-hydrogen) atoms. The molecular weight excluding hydrogens is 391 g/mol. The van der Waals surface area contributed by atoms with Crippen LogP contribution in [0.1, 0.15) is 41.5 Å². The first-order chi connectivity index (χ1) is 8.45. The van der Waals surface area contributed by atoms with Gasteiger partial charge in [-0.25, -0.2) is 8.78 Å². The van der Waals surface area contributed by atoms with Crippen molar-refractivity contribution in [3.63, 3.8) is 0 Å². The summed E-state index contributed by atoms with van der Waals surface area (Å²) >= 11 is 6.21. The summed E-state index contributed by atoms with van der Waals surface area (Å²) in [7, 11) is -2.09. The molecule has 0 N–H and O–H groups in total. The van der Waals surface area contributed by atoms with Gasteiger partial charge in [0.25, 0.3) is 0 Å². The average molecular weight is 413 g/mol. The first-order valence-electron chi connectivity index (χ1n) is 6.26. The zero-order valence-electron chi connectivity index (χ0n) is 12.7. The molecule has 0 fully saturated rings. The molecule has 0 unspecified atom stereocenters. The molecule has 0 nitrogen and oxygen atoms in total. The van der Waals surface area contributed by atoms with Gasteiger partial charge in [-0.1, -0.05) is 12.9 Å². The van der Waals surface area contributed by atoms with E-state index in [1.807, 2.05) is 0 Å². The molecule has 0 saturated heterocycles. The van der Waals surface area contributed by atoms with E-state index in [9.17, 15) is 8.78 Å². The zero-order chi connectivity index (χ0) is 15.1. The minimum absolute atomic E-state index is 0. The van der Waals surface area contributed by atoms with Gasteiger partial charge < -0.3 is 11.6 Å². The Balaban J connectivity index is 0.00000361. The summed E-state index contributed by atoms with van der Waals surface area (Å²) in [4.78, 5) is 0. The largest absolute Gasteiger partial charge is 0.304 e. The van der Waals surface area contributed by atoms with Crippen LogP contribution in [-0.4, -0.2) is 10.3 Å². The standard InChI is InChI=1S/C15H22ClF2P.Pd/c1-14(2,3)19(10-16,15(4,5)6)13-8-11(17)7-12(18)9-13;/h7-10H,1-6H3;. The van der Waals surface area contributed by atoms with Crippen LogP contribution in [0.25, 0.3) is 0 Å². The first-order valence-corrected chi connectivity index (χ1v) is 8.55. The van der Waals surface area contributed by atoms with Gasteiger partial charge in [0.2, 0.25) is 0 Å². The summed E-state index contributed by atoms with van der Waals surface area (Å²) in [6.45, 7) is 12.5. The van der Waals surface area contributed by atoms with E-state index in [1.165, 1.54) is 12.1 Å². The van der Waals surface area contributed by atoms with Crippen molar-refractivity contribution in [2.24, 2.45) is 0 Å². The third kappa shape index (κ3) is 3.62. The maximum absolute atomic E-state index is 13.6. The molecule has 0 spiro atoms. The van der Waals surface area contributed by atoms with Crippen LogP contribution in [0.5, 0.6) is 0 Å². The summed E-state index contributed by atoms with van der Waals surface area (Å²) < 4.78 is 27.2. The van der Waals surface area contributed by atoms with Crippen molar-refractivity contribution in [2.45, 2.75) is 51.9 Å². The molecule has 5 heteroatoms. The zero-order valence-corrected chi connectivity index (χ0v) is 15.9. The molecule has 0 aliphatic carbocycles.